The second kappa shape index (κ2) is 7.36. The number of hydrogen-bond donors (Lipinski definition) is 2. The number of aliphatic hydroxyl groups excluding tert-OH is 1. The van der Waals surface area contributed by atoms with Gasteiger partial charge in [0.05, 0.1) is 29.1 Å². The van der Waals surface area contributed by atoms with Gasteiger partial charge in [0.2, 0.25) is 0 Å². The van der Waals surface area contributed by atoms with E-state index in [1.165, 1.54) is 6.33 Å². The van der Waals surface area contributed by atoms with E-state index in [-0.39, 0.29) is 18.9 Å². The maximum atomic E-state index is 9.25. The third kappa shape index (κ3) is 3.35. The molecule has 0 amide bonds. The zero-order chi connectivity index (χ0) is 18.1. The van der Waals surface area contributed by atoms with Gasteiger partial charge in [-0.15, -0.1) is 0 Å². The van der Waals surface area contributed by atoms with Crippen LogP contribution >= 0.6 is 23.2 Å². The smallest absolute Gasteiger partial charge is 0.167 e. The van der Waals surface area contributed by atoms with E-state index in [0.29, 0.717) is 33.6 Å². The molecule has 1 aliphatic heterocycles. The number of nitrogens with one attached hydrogen (secondary N) is 1. The van der Waals surface area contributed by atoms with E-state index in [1.807, 2.05) is 16.7 Å². The summed E-state index contributed by atoms with van der Waals surface area (Å²) in [7, 11) is 0. The fraction of sp³-hybridized carbons (Fsp3) is 0.353. The van der Waals surface area contributed by atoms with Crippen molar-refractivity contribution in [2.45, 2.75) is 31.7 Å². The van der Waals surface area contributed by atoms with Crippen LogP contribution in [0.4, 0.5) is 5.82 Å². The predicted molar refractivity (Wildman–Crippen MR) is 99.3 cm³/mol. The van der Waals surface area contributed by atoms with E-state index in [9.17, 15) is 5.11 Å². The van der Waals surface area contributed by atoms with Gasteiger partial charge < -0.3 is 15.2 Å². The summed E-state index contributed by atoms with van der Waals surface area (Å²) in [5.74, 6) is 0.636. The molecule has 0 radical (unpaired) electrons. The summed E-state index contributed by atoms with van der Waals surface area (Å²) in [5.41, 5.74) is 2.35. The molecule has 7 nitrogen and oxygen atoms in total. The highest BCUT2D eigenvalue weighted by molar-refractivity contribution is 6.42. The molecule has 9 heteroatoms. The van der Waals surface area contributed by atoms with Crippen LogP contribution < -0.4 is 5.32 Å². The number of rotatable bonds is 5. The number of halogens is 2. The van der Waals surface area contributed by atoms with Gasteiger partial charge in [-0.2, -0.15) is 0 Å². The summed E-state index contributed by atoms with van der Waals surface area (Å²) < 4.78 is 7.71. The zero-order valence-electron chi connectivity index (χ0n) is 13.8. The molecule has 4 rings (SSSR count). The monoisotopic (exact) mass is 393 g/mol. The highest BCUT2D eigenvalue weighted by Crippen LogP contribution is 2.31. The Morgan fingerprint density at radius 2 is 2.08 bits per heavy atom. The SMILES string of the molecule is OC[C@@H]1CC[C@H](n2cnc3c(NCc4ccc(Cl)c(Cl)c4)ncnc32)O1. The standard InChI is InChI=1S/C17H17Cl2N5O2/c18-12-3-1-10(5-13(12)19)6-20-16-15-17(22-8-21-16)24(9-23-15)14-4-2-11(7-25)26-14/h1,3,5,8-9,11,14,25H,2,4,6-7H2,(H,20,21,22)/t11-,14+/m0/s1. The summed E-state index contributed by atoms with van der Waals surface area (Å²) >= 11 is 12.0. The summed E-state index contributed by atoms with van der Waals surface area (Å²) in [6, 6.07) is 5.48. The van der Waals surface area contributed by atoms with Crippen molar-refractivity contribution in [1.29, 1.82) is 0 Å². The van der Waals surface area contributed by atoms with Crippen molar-refractivity contribution in [3.05, 3.63) is 46.5 Å². The lowest BCUT2D eigenvalue weighted by Gasteiger charge is -2.14. The number of hydrogen-bond acceptors (Lipinski definition) is 6. The van der Waals surface area contributed by atoms with Crippen molar-refractivity contribution in [1.82, 2.24) is 19.5 Å². The molecule has 0 spiro atoms. The molecule has 0 aliphatic carbocycles. The van der Waals surface area contributed by atoms with E-state index in [4.69, 9.17) is 27.9 Å². The van der Waals surface area contributed by atoms with Crippen LogP contribution in [0.1, 0.15) is 24.6 Å². The Morgan fingerprint density at radius 1 is 1.19 bits per heavy atom. The Labute approximate surface area is 159 Å². The molecule has 3 heterocycles. The average molecular weight is 394 g/mol. The van der Waals surface area contributed by atoms with Crippen LogP contribution in [0.3, 0.4) is 0 Å². The highest BCUT2D eigenvalue weighted by atomic mass is 35.5. The van der Waals surface area contributed by atoms with E-state index >= 15 is 0 Å². The number of benzene rings is 1. The molecule has 2 atom stereocenters. The molecule has 2 N–H and O–H groups in total. The Hall–Kier alpha value is -1.93. The molecule has 26 heavy (non-hydrogen) atoms. The van der Waals surface area contributed by atoms with Crippen molar-refractivity contribution in [2.75, 3.05) is 11.9 Å². The third-order valence-electron chi connectivity index (χ3n) is 4.40. The molecule has 0 unspecified atom stereocenters. The lowest BCUT2D eigenvalue weighted by atomic mass is 10.2. The van der Waals surface area contributed by atoms with Gasteiger partial charge in [-0.05, 0) is 30.5 Å². The quantitative estimate of drug-likeness (QED) is 0.690. The molecule has 136 valence electrons. The fourth-order valence-corrected chi connectivity index (χ4v) is 3.37. The Kier molecular flexibility index (Phi) is 4.95. The van der Waals surface area contributed by atoms with E-state index in [2.05, 4.69) is 20.3 Å². The van der Waals surface area contributed by atoms with E-state index in [1.54, 1.807) is 12.4 Å². The molecule has 1 fully saturated rings. The van der Waals surface area contributed by atoms with Crippen LogP contribution in [0, 0.1) is 0 Å². The van der Waals surface area contributed by atoms with Crippen LogP contribution in [0.15, 0.2) is 30.9 Å². The molecular formula is C17H17Cl2N5O2. The van der Waals surface area contributed by atoms with Crippen molar-refractivity contribution in [3.8, 4) is 0 Å². The van der Waals surface area contributed by atoms with Gasteiger partial charge in [0.25, 0.3) is 0 Å². The number of aromatic nitrogens is 4. The Balaban J connectivity index is 1.56. The van der Waals surface area contributed by atoms with Crippen molar-refractivity contribution in [3.63, 3.8) is 0 Å². The maximum absolute atomic E-state index is 9.25. The van der Waals surface area contributed by atoms with Crippen LogP contribution in [-0.4, -0.2) is 37.3 Å². The number of fused-ring (bicyclic) bond motifs is 1. The van der Waals surface area contributed by atoms with Gasteiger partial charge in [0.15, 0.2) is 17.0 Å². The fourth-order valence-electron chi connectivity index (χ4n) is 3.05. The topological polar surface area (TPSA) is 85.1 Å². The molecule has 2 aromatic heterocycles. The van der Waals surface area contributed by atoms with Crippen LogP contribution in [-0.2, 0) is 11.3 Å². The predicted octanol–water partition coefficient (Wildman–Crippen LogP) is 3.42. The van der Waals surface area contributed by atoms with E-state index < -0.39 is 0 Å². The maximum Gasteiger partial charge on any atom is 0.167 e. The summed E-state index contributed by atoms with van der Waals surface area (Å²) in [4.78, 5) is 13.1. The highest BCUT2D eigenvalue weighted by Gasteiger charge is 2.27. The average Bonchev–Trinajstić information content (AvgIpc) is 3.29. The van der Waals surface area contributed by atoms with Crippen molar-refractivity contribution < 1.29 is 9.84 Å². The van der Waals surface area contributed by atoms with Crippen LogP contribution in [0.25, 0.3) is 11.2 Å². The second-order valence-corrected chi connectivity index (χ2v) is 6.94. The molecule has 0 saturated carbocycles. The van der Waals surface area contributed by atoms with Gasteiger partial charge >= 0.3 is 0 Å². The number of nitrogens with zero attached hydrogens (tertiary/aromatic N) is 4. The van der Waals surface area contributed by atoms with Gasteiger partial charge in [0.1, 0.15) is 12.6 Å². The lowest BCUT2D eigenvalue weighted by molar-refractivity contribution is -0.0207. The molecule has 1 aromatic carbocycles. The molecule has 1 saturated heterocycles. The van der Waals surface area contributed by atoms with Crippen molar-refractivity contribution >= 4 is 40.2 Å². The third-order valence-corrected chi connectivity index (χ3v) is 5.14. The minimum atomic E-state index is -0.171. The Bertz CT molecular complexity index is 933. The summed E-state index contributed by atoms with van der Waals surface area (Å²) in [6.07, 6.45) is 4.52. The molecule has 3 aromatic rings. The first kappa shape index (κ1) is 17.5. The minimum absolute atomic E-state index is 0.0224. The second-order valence-electron chi connectivity index (χ2n) is 6.12. The Morgan fingerprint density at radius 3 is 2.85 bits per heavy atom. The van der Waals surface area contributed by atoms with E-state index in [0.717, 1.165) is 18.4 Å². The number of ether oxygens (including phenoxy) is 1. The van der Waals surface area contributed by atoms with Gasteiger partial charge in [-0.3, -0.25) is 4.57 Å². The number of anilines is 1. The normalized spacial score (nSPS) is 20.0. The minimum Gasteiger partial charge on any atom is -0.394 e. The molecule has 1 aliphatic rings. The first-order valence-corrected chi connectivity index (χ1v) is 9.03. The zero-order valence-corrected chi connectivity index (χ0v) is 15.3. The van der Waals surface area contributed by atoms with Gasteiger partial charge in [-0.1, -0.05) is 29.3 Å². The van der Waals surface area contributed by atoms with Crippen LogP contribution in [0.5, 0.6) is 0 Å². The largest absolute Gasteiger partial charge is 0.394 e. The summed E-state index contributed by atoms with van der Waals surface area (Å²) in [5, 5.41) is 13.6. The van der Waals surface area contributed by atoms with Gasteiger partial charge in [-0.25, -0.2) is 15.0 Å². The first-order valence-electron chi connectivity index (χ1n) is 8.27. The number of imidazole rings is 1. The molecule has 0 bridgehead atoms. The van der Waals surface area contributed by atoms with Gasteiger partial charge in [0, 0.05) is 6.54 Å². The molecular weight excluding hydrogens is 377 g/mol. The summed E-state index contributed by atoms with van der Waals surface area (Å²) in [6.45, 7) is 0.553. The first-order chi connectivity index (χ1) is 12.7. The van der Waals surface area contributed by atoms with Crippen LogP contribution in [0.2, 0.25) is 10.0 Å². The van der Waals surface area contributed by atoms with Crippen molar-refractivity contribution in [2.24, 2.45) is 0 Å². The number of aliphatic hydroxyl groups is 1. The lowest BCUT2D eigenvalue weighted by Crippen LogP contribution is -2.14.